The monoisotopic (exact) mass is 366 g/mol. The molecule has 0 radical (unpaired) electrons. The second kappa shape index (κ2) is 7.19. The summed E-state index contributed by atoms with van der Waals surface area (Å²) in [6.45, 7) is 5.16. The summed E-state index contributed by atoms with van der Waals surface area (Å²) in [5, 5.41) is 7.04. The second-order valence-corrected chi connectivity index (χ2v) is 7.47. The van der Waals surface area contributed by atoms with E-state index in [9.17, 15) is 13.2 Å². The third-order valence-electron chi connectivity index (χ3n) is 2.33. The van der Waals surface area contributed by atoms with E-state index in [1.165, 1.54) is 4.68 Å². The summed E-state index contributed by atoms with van der Waals surface area (Å²) in [5.74, 6) is 0.324. The highest BCUT2D eigenvalue weighted by Crippen LogP contribution is 2.15. The molecule has 7 nitrogen and oxygen atoms in total. The quantitative estimate of drug-likeness (QED) is 0.690. The Hall–Kier alpha value is -0.930. The minimum atomic E-state index is -3.20. The molecular weight excluding hydrogens is 348 g/mol. The van der Waals surface area contributed by atoms with Crippen LogP contribution in [-0.4, -0.2) is 37.5 Å². The summed E-state index contributed by atoms with van der Waals surface area (Å²) in [5.41, 5.74) is 0.338. The van der Waals surface area contributed by atoms with Gasteiger partial charge >= 0.3 is 0 Å². The van der Waals surface area contributed by atoms with Crippen LogP contribution >= 0.6 is 15.9 Å². The van der Waals surface area contributed by atoms with Crippen molar-refractivity contribution in [2.24, 2.45) is 5.92 Å². The Labute approximate surface area is 126 Å². The Morgan fingerprint density at radius 2 is 2.05 bits per heavy atom. The van der Waals surface area contributed by atoms with Crippen molar-refractivity contribution in [3.8, 4) is 0 Å². The Kier molecular flexibility index (Phi) is 6.15. The van der Waals surface area contributed by atoms with Crippen LogP contribution in [0.15, 0.2) is 15.5 Å². The van der Waals surface area contributed by atoms with E-state index in [2.05, 4.69) is 31.1 Å². The fourth-order valence-corrected chi connectivity index (χ4v) is 2.42. The molecule has 0 aliphatic heterocycles. The number of aromatic nitrogens is 2. The first-order valence-electron chi connectivity index (χ1n) is 6.15. The highest BCUT2D eigenvalue weighted by Gasteiger charge is 2.09. The fraction of sp³-hybridized carbons (Fsp3) is 0.636. The first kappa shape index (κ1) is 17.1. The van der Waals surface area contributed by atoms with Crippen LogP contribution in [0.2, 0.25) is 0 Å². The molecular formula is C11H19BrN4O3S. The standard InChI is InChI=1S/C11H19BrN4O3S/c1-8(2)7-16-11(17)10(12)9(6-14-16)13-4-5-15-20(3,18)19/h6,8,13,15H,4-5,7H2,1-3H3. The number of hydrogen-bond donors (Lipinski definition) is 2. The van der Waals surface area contributed by atoms with Gasteiger partial charge in [-0.1, -0.05) is 13.8 Å². The van der Waals surface area contributed by atoms with Gasteiger partial charge in [-0.3, -0.25) is 4.79 Å². The molecule has 0 aliphatic carbocycles. The van der Waals surface area contributed by atoms with E-state index in [0.29, 0.717) is 29.2 Å². The van der Waals surface area contributed by atoms with E-state index in [1.54, 1.807) is 6.20 Å². The van der Waals surface area contributed by atoms with Crippen molar-refractivity contribution < 1.29 is 8.42 Å². The van der Waals surface area contributed by atoms with Crippen molar-refractivity contribution in [3.05, 3.63) is 21.0 Å². The minimum Gasteiger partial charge on any atom is -0.381 e. The van der Waals surface area contributed by atoms with Crippen LogP contribution in [0.1, 0.15) is 13.8 Å². The summed E-state index contributed by atoms with van der Waals surface area (Å²) < 4.78 is 25.9. The van der Waals surface area contributed by atoms with E-state index >= 15 is 0 Å². The van der Waals surface area contributed by atoms with Crippen LogP contribution in [0.3, 0.4) is 0 Å². The molecule has 0 saturated carbocycles. The Balaban J connectivity index is 2.69. The number of anilines is 1. The van der Waals surface area contributed by atoms with Crippen molar-refractivity contribution in [2.75, 3.05) is 24.7 Å². The van der Waals surface area contributed by atoms with Gasteiger partial charge in [-0.05, 0) is 21.8 Å². The van der Waals surface area contributed by atoms with E-state index < -0.39 is 10.0 Å². The maximum atomic E-state index is 12.0. The average molecular weight is 367 g/mol. The number of sulfonamides is 1. The summed E-state index contributed by atoms with van der Waals surface area (Å²) in [6, 6.07) is 0. The van der Waals surface area contributed by atoms with Gasteiger partial charge in [0.15, 0.2) is 0 Å². The molecule has 1 aromatic heterocycles. The lowest BCUT2D eigenvalue weighted by Gasteiger charge is -2.11. The van der Waals surface area contributed by atoms with Crippen molar-refractivity contribution in [1.29, 1.82) is 0 Å². The SMILES string of the molecule is CC(C)Cn1ncc(NCCNS(C)(=O)=O)c(Br)c1=O. The number of nitrogens with zero attached hydrogens (tertiary/aromatic N) is 2. The molecule has 114 valence electrons. The smallest absolute Gasteiger partial charge is 0.283 e. The molecule has 0 unspecified atom stereocenters. The van der Waals surface area contributed by atoms with Gasteiger partial charge < -0.3 is 5.32 Å². The van der Waals surface area contributed by atoms with E-state index in [4.69, 9.17) is 0 Å². The van der Waals surface area contributed by atoms with Crippen LogP contribution in [-0.2, 0) is 16.6 Å². The summed E-state index contributed by atoms with van der Waals surface area (Å²) in [7, 11) is -3.20. The number of nitrogens with one attached hydrogen (secondary N) is 2. The number of halogens is 1. The highest BCUT2D eigenvalue weighted by molar-refractivity contribution is 9.10. The lowest BCUT2D eigenvalue weighted by Crippen LogP contribution is -2.29. The lowest BCUT2D eigenvalue weighted by atomic mass is 10.2. The maximum absolute atomic E-state index is 12.0. The van der Waals surface area contributed by atoms with Gasteiger partial charge in [-0.15, -0.1) is 0 Å². The second-order valence-electron chi connectivity index (χ2n) is 4.85. The van der Waals surface area contributed by atoms with Crippen LogP contribution in [0.25, 0.3) is 0 Å². The Bertz CT molecular complexity index is 613. The molecule has 0 amide bonds. The molecule has 9 heteroatoms. The van der Waals surface area contributed by atoms with Gasteiger partial charge in [-0.2, -0.15) is 5.10 Å². The molecule has 20 heavy (non-hydrogen) atoms. The van der Waals surface area contributed by atoms with E-state index in [0.717, 1.165) is 6.26 Å². The first-order chi connectivity index (χ1) is 9.20. The minimum absolute atomic E-state index is 0.209. The average Bonchev–Trinajstić information content (AvgIpc) is 2.31. The van der Waals surface area contributed by atoms with Gasteiger partial charge in [-0.25, -0.2) is 17.8 Å². The molecule has 0 saturated heterocycles. The van der Waals surface area contributed by atoms with E-state index in [-0.39, 0.29) is 12.1 Å². The summed E-state index contributed by atoms with van der Waals surface area (Å²) >= 11 is 3.24. The Morgan fingerprint density at radius 1 is 1.40 bits per heavy atom. The number of rotatable bonds is 7. The lowest BCUT2D eigenvalue weighted by molar-refractivity contribution is 0.462. The van der Waals surface area contributed by atoms with E-state index in [1.807, 2.05) is 13.8 Å². The summed E-state index contributed by atoms with van der Waals surface area (Å²) in [6.07, 6.45) is 2.64. The van der Waals surface area contributed by atoms with Crippen LogP contribution in [0.4, 0.5) is 5.69 Å². The third-order valence-corrected chi connectivity index (χ3v) is 3.82. The van der Waals surface area contributed by atoms with Gasteiger partial charge in [0.1, 0.15) is 4.47 Å². The predicted octanol–water partition coefficient (Wildman–Crippen LogP) is 0.623. The van der Waals surface area contributed by atoms with Gasteiger partial charge in [0.05, 0.1) is 18.1 Å². The molecule has 0 aromatic carbocycles. The van der Waals surface area contributed by atoms with Crippen LogP contribution in [0, 0.1) is 5.92 Å². The van der Waals surface area contributed by atoms with Gasteiger partial charge in [0.2, 0.25) is 10.0 Å². The molecule has 0 atom stereocenters. The van der Waals surface area contributed by atoms with Crippen molar-refractivity contribution >= 4 is 31.6 Å². The predicted molar refractivity (Wildman–Crippen MR) is 82.4 cm³/mol. The maximum Gasteiger partial charge on any atom is 0.283 e. The van der Waals surface area contributed by atoms with Gasteiger partial charge in [0, 0.05) is 19.6 Å². The molecule has 0 spiro atoms. The topological polar surface area (TPSA) is 93.1 Å². The largest absolute Gasteiger partial charge is 0.381 e. The fourth-order valence-electron chi connectivity index (χ4n) is 1.50. The molecule has 0 bridgehead atoms. The van der Waals surface area contributed by atoms with Crippen molar-refractivity contribution in [1.82, 2.24) is 14.5 Å². The van der Waals surface area contributed by atoms with Crippen molar-refractivity contribution in [2.45, 2.75) is 20.4 Å². The molecule has 1 rings (SSSR count). The first-order valence-corrected chi connectivity index (χ1v) is 8.83. The molecule has 1 aromatic rings. The molecule has 0 fully saturated rings. The molecule has 2 N–H and O–H groups in total. The van der Waals surface area contributed by atoms with Crippen LogP contribution in [0.5, 0.6) is 0 Å². The highest BCUT2D eigenvalue weighted by atomic mass is 79.9. The normalized spacial score (nSPS) is 11.8. The molecule has 0 aliphatic rings. The van der Waals surface area contributed by atoms with Crippen molar-refractivity contribution in [3.63, 3.8) is 0 Å². The third kappa shape index (κ3) is 5.59. The van der Waals surface area contributed by atoms with Gasteiger partial charge in [0.25, 0.3) is 5.56 Å². The zero-order valence-corrected chi connectivity index (χ0v) is 14.1. The summed E-state index contributed by atoms with van der Waals surface area (Å²) in [4.78, 5) is 12.0. The zero-order chi connectivity index (χ0) is 15.3. The Morgan fingerprint density at radius 3 is 2.60 bits per heavy atom. The van der Waals surface area contributed by atoms with Crippen LogP contribution < -0.4 is 15.6 Å². The number of hydrogen-bond acceptors (Lipinski definition) is 5. The zero-order valence-electron chi connectivity index (χ0n) is 11.7. The molecule has 1 heterocycles.